The fraction of sp³-hybridized carbons (Fsp3) is 0.533. The van der Waals surface area contributed by atoms with Crippen molar-refractivity contribution in [3.63, 3.8) is 0 Å². The summed E-state index contributed by atoms with van der Waals surface area (Å²) in [4.78, 5) is 14.1. The summed E-state index contributed by atoms with van der Waals surface area (Å²) in [5, 5.41) is 9.87. The molecule has 1 aliphatic heterocycles. The van der Waals surface area contributed by atoms with Crippen LogP contribution in [0, 0.1) is 6.92 Å². The lowest BCUT2D eigenvalue weighted by Crippen LogP contribution is -2.41. The van der Waals surface area contributed by atoms with Crippen molar-refractivity contribution >= 4 is 17.5 Å². The van der Waals surface area contributed by atoms with E-state index in [4.69, 9.17) is 16.3 Å². The van der Waals surface area contributed by atoms with Crippen molar-refractivity contribution in [3.8, 4) is 5.75 Å². The zero-order chi connectivity index (χ0) is 14.5. The van der Waals surface area contributed by atoms with Gasteiger partial charge in [0.25, 0.3) is 5.91 Å². The summed E-state index contributed by atoms with van der Waals surface area (Å²) in [6.07, 6.45) is 1.81. The molecule has 0 saturated carbocycles. The molecule has 0 atom stereocenters. The Labute approximate surface area is 124 Å². The Morgan fingerprint density at radius 1 is 1.45 bits per heavy atom. The van der Waals surface area contributed by atoms with E-state index < -0.39 is 0 Å². The fourth-order valence-electron chi connectivity index (χ4n) is 2.43. The molecule has 2 rings (SSSR count). The third-order valence-corrected chi connectivity index (χ3v) is 3.70. The molecule has 1 aliphatic rings. The van der Waals surface area contributed by atoms with E-state index in [1.54, 1.807) is 17.0 Å². The van der Waals surface area contributed by atoms with Crippen molar-refractivity contribution in [2.75, 3.05) is 25.6 Å². The highest BCUT2D eigenvalue weighted by atomic mass is 35.5. The number of benzene rings is 1. The minimum atomic E-state index is -0.113. The topological polar surface area (TPSA) is 49.8 Å². The molecule has 1 N–H and O–H groups in total. The van der Waals surface area contributed by atoms with Crippen LogP contribution in [0.5, 0.6) is 5.75 Å². The molecule has 1 saturated heterocycles. The normalized spacial score (nSPS) is 16.4. The second-order valence-corrected chi connectivity index (χ2v) is 5.45. The van der Waals surface area contributed by atoms with Crippen LogP contribution in [0.25, 0.3) is 0 Å². The standard InChI is InChI=1S/C15H20ClNO3/c1-11-2-3-13(14(18)10-11)15(19)17-7-4-12(5-8-17)20-9-6-16/h2-3,10,12,18H,4-9H2,1H3. The van der Waals surface area contributed by atoms with Gasteiger partial charge in [0, 0.05) is 19.0 Å². The monoisotopic (exact) mass is 297 g/mol. The molecule has 1 aromatic rings. The molecular weight excluding hydrogens is 278 g/mol. The lowest BCUT2D eigenvalue weighted by atomic mass is 10.0. The van der Waals surface area contributed by atoms with E-state index in [1.165, 1.54) is 0 Å². The Morgan fingerprint density at radius 3 is 2.75 bits per heavy atom. The number of amides is 1. The minimum absolute atomic E-state index is 0.0514. The average molecular weight is 298 g/mol. The van der Waals surface area contributed by atoms with E-state index in [2.05, 4.69) is 0 Å². The van der Waals surface area contributed by atoms with Crippen LogP contribution in [0.4, 0.5) is 0 Å². The molecule has 0 bridgehead atoms. The third kappa shape index (κ3) is 3.64. The predicted octanol–water partition coefficient (Wildman–Crippen LogP) is 2.56. The Bertz CT molecular complexity index is 470. The fourth-order valence-corrected chi connectivity index (χ4v) is 2.52. The molecule has 1 heterocycles. The lowest BCUT2D eigenvalue weighted by Gasteiger charge is -2.32. The highest BCUT2D eigenvalue weighted by Crippen LogP contribution is 2.22. The summed E-state index contributed by atoms with van der Waals surface area (Å²) in [6, 6.07) is 5.13. The number of alkyl halides is 1. The van der Waals surface area contributed by atoms with Gasteiger partial charge in [-0.25, -0.2) is 0 Å². The zero-order valence-electron chi connectivity index (χ0n) is 11.6. The maximum absolute atomic E-state index is 12.4. The zero-order valence-corrected chi connectivity index (χ0v) is 12.4. The second kappa shape index (κ2) is 6.95. The number of carbonyl (C=O) groups is 1. The first-order valence-electron chi connectivity index (χ1n) is 6.88. The molecule has 1 fully saturated rings. The second-order valence-electron chi connectivity index (χ2n) is 5.07. The van der Waals surface area contributed by atoms with Crippen LogP contribution in [0.3, 0.4) is 0 Å². The summed E-state index contributed by atoms with van der Waals surface area (Å²) >= 11 is 5.59. The molecule has 110 valence electrons. The molecule has 1 amide bonds. The highest BCUT2D eigenvalue weighted by Gasteiger charge is 2.25. The predicted molar refractivity (Wildman–Crippen MR) is 78.4 cm³/mol. The number of carbonyl (C=O) groups excluding carboxylic acids is 1. The van der Waals surface area contributed by atoms with Crippen molar-refractivity contribution in [2.45, 2.75) is 25.9 Å². The van der Waals surface area contributed by atoms with Gasteiger partial charge in [-0.2, -0.15) is 0 Å². The summed E-state index contributed by atoms with van der Waals surface area (Å²) in [7, 11) is 0. The van der Waals surface area contributed by atoms with Gasteiger partial charge in [0.2, 0.25) is 0 Å². The Kier molecular flexibility index (Phi) is 5.26. The van der Waals surface area contributed by atoms with Gasteiger partial charge in [-0.15, -0.1) is 11.6 Å². The quantitative estimate of drug-likeness (QED) is 0.869. The number of likely N-dealkylation sites (tertiary alicyclic amines) is 1. The van der Waals surface area contributed by atoms with Crippen molar-refractivity contribution in [3.05, 3.63) is 29.3 Å². The van der Waals surface area contributed by atoms with Gasteiger partial charge in [0.1, 0.15) is 5.75 Å². The van der Waals surface area contributed by atoms with E-state index in [0.29, 0.717) is 31.1 Å². The van der Waals surface area contributed by atoms with Crippen LogP contribution in [0.2, 0.25) is 0 Å². The van der Waals surface area contributed by atoms with Crippen LogP contribution in [-0.4, -0.2) is 47.6 Å². The van der Waals surface area contributed by atoms with Gasteiger partial charge in [-0.05, 0) is 37.5 Å². The number of hydrogen-bond donors (Lipinski definition) is 1. The number of ether oxygens (including phenoxy) is 1. The average Bonchev–Trinajstić information content (AvgIpc) is 2.45. The summed E-state index contributed by atoms with van der Waals surface area (Å²) in [5.41, 5.74) is 1.31. The molecule has 0 radical (unpaired) electrons. The van der Waals surface area contributed by atoms with Gasteiger partial charge in [-0.1, -0.05) is 6.07 Å². The van der Waals surface area contributed by atoms with Crippen molar-refractivity contribution < 1.29 is 14.6 Å². The molecule has 0 aliphatic carbocycles. The minimum Gasteiger partial charge on any atom is -0.507 e. The number of nitrogens with zero attached hydrogens (tertiary/aromatic N) is 1. The van der Waals surface area contributed by atoms with E-state index in [1.807, 2.05) is 13.0 Å². The Balaban J connectivity index is 1.94. The molecular formula is C15H20ClNO3. The van der Waals surface area contributed by atoms with Gasteiger partial charge in [0.05, 0.1) is 18.3 Å². The molecule has 0 aromatic heterocycles. The first kappa shape index (κ1) is 15.1. The van der Waals surface area contributed by atoms with E-state index in [9.17, 15) is 9.90 Å². The molecule has 0 unspecified atom stereocenters. The van der Waals surface area contributed by atoms with Crippen molar-refractivity contribution in [1.29, 1.82) is 0 Å². The van der Waals surface area contributed by atoms with Crippen molar-refractivity contribution in [1.82, 2.24) is 4.90 Å². The van der Waals surface area contributed by atoms with Gasteiger partial charge in [0.15, 0.2) is 0 Å². The van der Waals surface area contributed by atoms with Gasteiger partial charge in [-0.3, -0.25) is 4.79 Å². The third-order valence-electron chi connectivity index (χ3n) is 3.54. The lowest BCUT2D eigenvalue weighted by molar-refractivity contribution is 0.0153. The van der Waals surface area contributed by atoms with Gasteiger partial charge >= 0.3 is 0 Å². The SMILES string of the molecule is Cc1ccc(C(=O)N2CCC(OCCCl)CC2)c(O)c1. The number of halogens is 1. The summed E-state index contributed by atoms with van der Waals surface area (Å²) in [5.74, 6) is 0.435. The first-order valence-corrected chi connectivity index (χ1v) is 7.41. The number of aromatic hydroxyl groups is 1. The molecule has 4 nitrogen and oxygen atoms in total. The largest absolute Gasteiger partial charge is 0.507 e. The van der Waals surface area contributed by atoms with E-state index in [-0.39, 0.29) is 17.8 Å². The van der Waals surface area contributed by atoms with E-state index in [0.717, 1.165) is 18.4 Å². The molecule has 0 spiro atoms. The highest BCUT2D eigenvalue weighted by molar-refractivity contribution is 6.17. The molecule has 5 heteroatoms. The van der Waals surface area contributed by atoms with Crippen LogP contribution in [-0.2, 0) is 4.74 Å². The number of aryl methyl sites for hydroxylation is 1. The number of phenols is 1. The van der Waals surface area contributed by atoms with Crippen LogP contribution < -0.4 is 0 Å². The number of rotatable bonds is 4. The Morgan fingerprint density at radius 2 is 2.15 bits per heavy atom. The molecule has 1 aromatic carbocycles. The number of phenolic OH excluding ortho intramolecular Hbond substituents is 1. The number of piperidine rings is 1. The smallest absolute Gasteiger partial charge is 0.257 e. The van der Waals surface area contributed by atoms with Crippen LogP contribution in [0.15, 0.2) is 18.2 Å². The van der Waals surface area contributed by atoms with Crippen molar-refractivity contribution in [2.24, 2.45) is 0 Å². The maximum atomic E-state index is 12.4. The molecule has 20 heavy (non-hydrogen) atoms. The number of hydrogen-bond acceptors (Lipinski definition) is 3. The van der Waals surface area contributed by atoms with Crippen LogP contribution >= 0.6 is 11.6 Å². The summed E-state index contributed by atoms with van der Waals surface area (Å²) < 4.78 is 5.59. The summed E-state index contributed by atoms with van der Waals surface area (Å²) in [6.45, 7) is 3.74. The Hall–Kier alpha value is -1.26. The van der Waals surface area contributed by atoms with Gasteiger partial charge < -0.3 is 14.7 Å². The maximum Gasteiger partial charge on any atom is 0.257 e. The van der Waals surface area contributed by atoms with E-state index >= 15 is 0 Å². The van der Waals surface area contributed by atoms with Crippen LogP contribution in [0.1, 0.15) is 28.8 Å². The first-order chi connectivity index (χ1) is 9.61.